The minimum Gasteiger partial charge on any atom is -0.388 e. The van der Waals surface area contributed by atoms with Gasteiger partial charge >= 0.3 is 0 Å². The van der Waals surface area contributed by atoms with Crippen LogP contribution >= 0.6 is 11.6 Å². The number of aryl methyl sites for hydroxylation is 1. The maximum atomic E-state index is 13.5. The highest BCUT2D eigenvalue weighted by atomic mass is 35.5. The Balaban J connectivity index is 2.42. The topological polar surface area (TPSA) is 46.2 Å². The van der Waals surface area contributed by atoms with Crippen LogP contribution in [0.4, 0.5) is 4.39 Å². The van der Waals surface area contributed by atoms with Gasteiger partial charge in [0.1, 0.15) is 5.82 Å². The molecular weight excluding hydrogens is 277 g/mol. The van der Waals surface area contributed by atoms with Gasteiger partial charge in [-0.25, -0.2) is 4.39 Å². The van der Waals surface area contributed by atoms with Crippen LogP contribution < -0.4 is 5.73 Å². The second kappa shape index (κ2) is 6.35. The standard InChI is InChI=1S/C16H17ClFNO/c1-10-5-2-3-6-11(10)13(9-19)16(20)12-7-4-8-14(18)15(12)17/h2-8,13,16,20H,9,19H2,1H3. The molecule has 0 aliphatic carbocycles. The molecule has 2 aromatic rings. The van der Waals surface area contributed by atoms with Gasteiger partial charge in [-0.3, -0.25) is 0 Å². The van der Waals surface area contributed by atoms with E-state index in [1.165, 1.54) is 12.1 Å². The first-order valence-corrected chi connectivity index (χ1v) is 6.81. The van der Waals surface area contributed by atoms with Gasteiger partial charge in [-0.15, -0.1) is 0 Å². The van der Waals surface area contributed by atoms with Gasteiger partial charge < -0.3 is 10.8 Å². The molecule has 0 fully saturated rings. The zero-order chi connectivity index (χ0) is 14.7. The first-order valence-electron chi connectivity index (χ1n) is 6.43. The SMILES string of the molecule is Cc1ccccc1C(CN)C(O)c1cccc(F)c1Cl. The fourth-order valence-electron chi connectivity index (χ4n) is 2.39. The molecule has 0 aliphatic rings. The Bertz CT molecular complexity index is 603. The van der Waals surface area contributed by atoms with Crippen LogP contribution in [-0.2, 0) is 0 Å². The molecule has 0 saturated carbocycles. The molecule has 2 unspecified atom stereocenters. The Morgan fingerprint density at radius 3 is 2.45 bits per heavy atom. The molecule has 2 nitrogen and oxygen atoms in total. The van der Waals surface area contributed by atoms with E-state index in [0.29, 0.717) is 5.56 Å². The van der Waals surface area contributed by atoms with Crippen LogP contribution in [0.2, 0.25) is 5.02 Å². The van der Waals surface area contributed by atoms with E-state index in [1.54, 1.807) is 6.07 Å². The Hall–Kier alpha value is -1.42. The molecule has 4 heteroatoms. The number of nitrogens with two attached hydrogens (primary N) is 1. The van der Waals surface area contributed by atoms with Gasteiger partial charge in [-0.1, -0.05) is 48.0 Å². The van der Waals surface area contributed by atoms with Gasteiger partial charge in [0.15, 0.2) is 0 Å². The van der Waals surface area contributed by atoms with Crippen LogP contribution in [0.3, 0.4) is 0 Å². The fraction of sp³-hybridized carbons (Fsp3) is 0.250. The third-order valence-corrected chi connectivity index (χ3v) is 3.92. The maximum Gasteiger partial charge on any atom is 0.142 e. The predicted molar refractivity (Wildman–Crippen MR) is 79.3 cm³/mol. The zero-order valence-corrected chi connectivity index (χ0v) is 11.9. The highest BCUT2D eigenvalue weighted by molar-refractivity contribution is 6.31. The molecular formula is C16H17ClFNO. The first-order chi connectivity index (χ1) is 9.56. The van der Waals surface area contributed by atoms with Gasteiger partial charge in [0.05, 0.1) is 11.1 Å². The second-order valence-corrected chi connectivity index (χ2v) is 5.16. The number of halogens is 2. The molecule has 3 N–H and O–H groups in total. The first kappa shape index (κ1) is 15.0. The van der Waals surface area contributed by atoms with Gasteiger partial charge in [0, 0.05) is 18.0 Å². The Morgan fingerprint density at radius 2 is 1.80 bits per heavy atom. The van der Waals surface area contributed by atoms with Crippen LogP contribution in [-0.4, -0.2) is 11.7 Å². The van der Waals surface area contributed by atoms with Gasteiger partial charge in [-0.2, -0.15) is 0 Å². The van der Waals surface area contributed by atoms with Crippen molar-refractivity contribution in [1.29, 1.82) is 0 Å². The lowest BCUT2D eigenvalue weighted by atomic mass is 9.87. The molecule has 0 aliphatic heterocycles. The molecule has 0 radical (unpaired) electrons. The maximum absolute atomic E-state index is 13.5. The Kier molecular flexibility index (Phi) is 4.76. The highest BCUT2D eigenvalue weighted by Gasteiger charge is 2.25. The lowest BCUT2D eigenvalue weighted by Gasteiger charge is -2.24. The van der Waals surface area contributed by atoms with E-state index in [1.807, 2.05) is 31.2 Å². The summed E-state index contributed by atoms with van der Waals surface area (Å²) in [5.74, 6) is -0.862. The molecule has 0 aromatic heterocycles. The monoisotopic (exact) mass is 293 g/mol. The van der Waals surface area contributed by atoms with Gasteiger partial charge in [-0.05, 0) is 24.1 Å². The quantitative estimate of drug-likeness (QED) is 0.905. The van der Waals surface area contributed by atoms with Gasteiger partial charge in [0.25, 0.3) is 0 Å². The largest absolute Gasteiger partial charge is 0.388 e. The van der Waals surface area contributed by atoms with Crippen molar-refractivity contribution in [3.63, 3.8) is 0 Å². The average molecular weight is 294 g/mol. The van der Waals surface area contributed by atoms with E-state index >= 15 is 0 Å². The van der Waals surface area contributed by atoms with Crippen LogP contribution in [0.5, 0.6) is 0 Å². The summed E-state index contributed by atoms with van der Waals surface area (Å²) in [6.07, 6.45) is -0.940. The van der Waals surface area contributed by atoms with Crippen molar-refractivity contribution in [3.05, 3.63) is 70.0 Å². The van der Waals surface area contributed by atoms with Crippen molar-refractivity contribution in [3.8, 4) is 0 Å². The molecule has 2 rings (SSSR count). The number of rotatable bonds is 4. The zero-order valence-electron chi connectivity index (χ0n) is 11.2. The molecule has 0 spiro atoms. The predicted octanol–water partition coefficient (Wildman–Crippen LogP) is 3.56. The Morgan fingerprint density at radius 1 is 1.15 bits per heavy atom. The number of hydrogen-bond acceptors (Lipinski definition) is 2. The third kappa shape index (κ3) is 2.85. The Labute approximate surface area is 123 Å². The summed E-state index contributed by atoms with van der Waals surface area (Å²) in [7, 11) is 0. The summed E-state index contributed by atoms with van der Waals surface area (Å²) in [4.78, 5) is 0. The van der Waals surface area contributed by atoms with Crippen molar-refractivity contribution in [2.24, 2.45) is 5.73 Å². The minimum atomic E-state index is -0.940. The van der Waals surface area contributed by atoms with Crippen molar-refractivity contribution in [2.45, 2.75) is 18.9 Å². The summed E-state index contributed by atoms with van der Waals surface area (Å²) < 4.78 is 13.5. The molecule has 0 heterocycles. The number of hydrogen-bond donors (Lipinski definition) is 2. The summed E-state index contributed by atoms with van der Waals surface area (Å²) in [6.45, 7) is 2.21. The van der Waals surface area contributed by atoms with E-state index in [4.69, 9.17) is 17.3 Å². The van der Waals surface area contributed by atoms with Crippen molar-refractivity contribution in [2.75, 3.05) is 6.54 Å². The smallest absolute Gasteiger partial charge is 0.142 e. The molecule has 2 atom stereocenters. The molecule has 0 saturated heterocycles. The second-order valence-electron chi connectivity index (χ2n) is 4.79. The normalized spacial score (nSPS) is 14.1. The average Bonchev–Trinajstić information content (AvgIpc) is 2.44. The van der Waals surface area contributed by atoms with E-state index in [0.717, 1.165) is 11.1 Å². The lowest BCUT2D eigenvalue weighted by Crippen LogP contribution is -2.21. The summed E-state index contributed by atoms with van der Waals surface area (Å²) in [5.41, 5.74) is 8.15. The highest BCUT2D eigenvalue weighted by Crippen LogP contribution is 2.35. The molecule has 2 aromatic carbocycles. The van der Waals surface area contributed by atoms with Gasteiger partial charge in [0.2, 0.25) is 0 Å². The molecule has 0 amide bonds. The van der Waals surface area contributed by atoms with E-state index in [9.17, 15) is 9.50 Å². The van der Waals surface area contributed by atoms with Crippen LogP contribution in [0.1, 0.15) is 28.7 Å². The van der Waals surface area contributed by atoms with Crippen LogP contribution in [0.15, 0.2) is 42.5 Å². The molecule has 0 bridgehead atoms. The number of aliphatic hydroxyl groups is 1. The molecule has 20 heavy (non-hydrogen) atoms. The lowest BCUT2D eigenvalue weighted by molar-refractivity contribution is 0.147. The van der Waals surface area contributed by atoms with E-state index in [-0.39, 0.29) is 17.5 Å². The number of benzene rings is 2. The van der Waals surface area contributed by atoms with Crippen molar-refractivity contribution in [1.82, 2.24) is 0 Å². The molecule has 106 valence electrons. The fourth-order valence-corrected chi connectivity index (χ4v) is 2.63. The van der Waals surface area contributed by atoms with Crippen LogP contribution in [0, 0.1) is 12.7 Å². The summed E-state index contributed by atoms with van der Waals surface area (Å²) >= 11 is 5.94. The number of aliphatic hydroxyl groups excluding tert-OH is 1. The van der Waals surface area contributed by atoms with Crippen molar-refractivity contribution < 1.29 is 9.50 Å². The third-order valence-electron chi connectivity index (χ3n) is 3.52. The summed E-state index contributed by atoms with van der Waals surface area (Å²) in [5, 5.41) is 10.5. The van der Waals surface area contributed by atoms with Crippen molar-refractivity contribution >= 4 is 11.6 Å². The van der Waals surface area contributed by atoms with E-state index < -0.39 is 11.9 Å². The minimum absolute atomic E-state index is 0.0490. The van der Waals surface area contributed by atoms with E-state index in [2.05, 4.69) is 0 Å². The van der Waals surface area contributed by atoms with Crippen LogP contribution in [0.25, 0.3) is 0 Å². The summed E-state index contributed by atoms with van der Waals surface area (Å²) in [6, 6.07) is 12.1.